The Bertz CT molecular complexity index is 358. The van der Waals surface area contributed by atoms with Crippen molar-refractivity contribution < 1.29 is 4.39 Å². The molecule has 1 fully saturated rings. The zero-order valence-corrected chi connectivity index (χ0v) is 11.5. The number of pyridine rings is 1. The fraction of sp³-hybridized carbons (Fsp3) is 0.667. The van der Waals surface area contributed by atoms with Crippen molar-refractivity contribution in [1.29, 1.82) is 0 Å². The van der Waals surface area contributed by atoms with Gasteiger partial charge in [-0.2, -0.15) is 0 Å². The van der Waals surface area contributed by atoms with Crippen LogP contribution in [-0.4, -0.2) is 24.1 Å². The summed E-state index contributed by atoms with van der Waals surface area (Å²) in [7, 11) is 0. The summed E-state index contributed by atoms with van der Waals surface area (Å²) in [5.41, 5.74) is 5.63. The standard InChI is InChI=1S/C15H24FN3/c16-13-8-9-15(18-12-13)19(11-5-10-17)14-6-3-1-2-4-7-14/h8-9,12,14H,1-7,10-11,17H2. The number of aromatic nitrogens is 1. The number of rotatable bonds is 5. The van der Waals surface area contributed by atoms with Crippen LogP contribution in [0.3, 0.4) is 0 Å². The first kappa shape index (κ1) is 14.3. The maximum Gasteiger partial charge on any atom is 0.141 e. The molecule has 0 radical (unpaired) electrons. The lowest BCUT2D eigenvalue weighted by atomic mass is 10.1. The molecule has 1 saturated carbocycles. The van der Waals surface area contributed by atoms with E-state index in [1.165, 1.54) is 50.8 Å². The highest BCUT2D eigenvalue weighted by molar-refractivity contribution is 5.39. The van der Waals surface area contributed by atoms with Crippen molar-refractivity contribution in [3.05, 3.63) is 24.1 Å². The topological polar surface area (TPSA) is 42.1 Å². The molecule has 3 nitrogen and oxygen atoms in total. The van der Waals surface area contributed by atoms with Gasteiger partial charge in [0.15, 0.2) is 0 Å². The summed E-state index contributed by atoms with van der Waals surface area (Å²) in [6, 6.07) is 3.82. The fourth-order valence-electron chi connectivity index (χ4n) is 2.85. The average Bonchev–Trinajstić information content (AvgIpc) is 2.70. The van der Waals surface area contributed by atoms with E-state index < -0.39 is 0 Å². The summed E-state index contributed by atoms with van der Waals surface area (Å²) in [5.74, 6) is 0.616. The monoisotopic (exact) mass is 265 g/mol. The van der Waals surface area contributed by atoms with Crippen LogP contribution in [0.5, 0.6) is 0 Å². The van der Waals surface area contributed by atoms with Crippen molar-refractivity contribution in [2.45, 2.75) is 51.0 Å². The SMILES string of the molecule is NCCCN(c1ccc(F)cn1)C1CCCCCC1. The molecule has 0 bridgehead atoms. The molecule has 0 spiro atoms. The molecule has 2 rings (SSSR count). The van der Waals surface area contributed by atoms with E-state index in [9.17, 15) is 4.39 Å². The highest BCUT2D eigenvalue weighted by atomic mass is 19.1. The van der Waals surface area contributed by atoms with E-state index in [1.54, 1.807) is 6.07 Å². The van der Waals surface area contributed by atoms with E-state index in [2.05, 4.69) is 9.88 Å². The van der Waals surface area contributed by atoms with Crippen LogP contribution in [0.1, 0.15) is 44.9 Å². The Morgan fingerprint density at radius 2 is 1.95 bits per heavy atom. The quantitative estimate of drug-likeness (QED) is 0.832. The lowest BCUT2D eigenvalue weighted by Gasteiger charge is -2.32. The van der Waals surface area contributed by atoms with E-state index in [1.807, 2.05) is 0 Å². The number of nitrogens with two attached hydrogens (primary N) is 1. The Morgan fingerprint density at radius 3 is 2.53 bits per heavy atom. The Morgan fingerprint density at radius 1 is 1.21 bits per heavy atom. The lowest BCUT2D eigenvalue weighted by Crippen LogP contribution is -2.37. The first-order valence-electron chi connectivity index (χ1n) is 7.39. The molecule has 4 heteroatoms. The van der Waals surface area contributed by atoms with Crippen LogP contribution in [0.25, 0.3) is 0 Å². The predicted octanol–water partition coefficient (Wildman–Crippen LogP) is 3.10. The van der Waals surface area contributed by atoms with Crippen molar-refractivity contribution >= 4 is 5.82 Å². The van der Waals surface area contributed by atoms with Crippen LogP contribution in [0.15, 0.2) is 18.3 Å². The Hall–Kier alpha value is -1.16. The minimum Gasteiger partial charge on any atom is -0.354 e. The van der Waals surface area contributed by atoms with Crippen LogP contribution in [-0.2, 0) is 0 Å². The number of halogens is 1. The molecule has 0 unspecified atom stereocenters. The summed E-state index contributed by atoms with van der Waals surface area (Å²) in [6.45, 7) is 1.60. The molecular weight excluding hydrogens is 241 g/mol. The fourth-order valence-corrected chi connectivity index (χ4v) is 2.85. The van der Waals surface area contributed by atoms with E-state index in [0.717, 1.165) is 18.8 Å². The molecule has 1 aromatic heterocycles. The minimum absolute atomic E-state index is 0.275. The van der Waals surface area contributed by atoms with Crippen molar-refractivity contribution in [1.82, 2.24) is 4.98 Å². The largest absolute Gasteiger partial charge is 0.354 e. The Balaban J connectivity index is 2.11. The number of anilines is 1. The zero-order valence-electron chi connectivity index (χ0n) is 11.5. The summed E-state index contributed by atoms with van der Waals surface area (Å²) in [5, 5.41) is 0. The van der Waals surface area contributed by atoms with Crippen molar-refractivity contribution in [3.8, 4) is 0 Å². The van der Waals surface area contributed by atoms with Gasteiger partial charge in [-0.15, -0.1) is 0 Å². The Labute approximate surface area is 115 Å². The van der Waals surface area contributed by atoms with Gasteiger partial charge in [-0.3, -0.25) is 0 Å². The van der Waals surface area contributed by atoms with Crippen molar-refractivity contribution in [3.63, 3.8) is 0 Å². The van der Waals surface area contributed by atoms with Crippen LogP contribution in [0, 0.1) is 5.82 Å². The Kier molecular flexibility index (Phi) is 5.58. The molecular formula is C15H24FN3. The van der Waals surface area contributed by atoms with Crippen LogP contribution < -0.4 is 10.6 Å². The number of nitrogens with zero attached hydrogens (tertiary/aromatic N) is 2. The third kappa shape index (κ3) is 4.16. The first-order valence-corrected chi connectivity index (χ1v) is 7.39. The molecule has 0 aliphatic heterocycles. The van der Waals surface area contributed by atoms with Gasteiger partial charge in [-0.05, 0) is 37.9 Å². The minimum atomic E-state index is -0.275. The van der Waals surface area contributed by atoms with Crippen molar-refractivity contribution in [2.24, 2.45) is 5.73 Å². The molecule has 1 aliphatic rings. The molecule has 0 aromatic carbocycles. The van der Waals surface area contributed by atoms with Crippen molar-refractivity contribution in [2.75, 3.05) is 18.0 Å². The highest BCUT2D eigenvalue weighted by Crippen LogP contribution is 2.25. The maximum absolute atomic E-state index is 13.0. The molecule has 0 amide bonds. The molecule has 1 aliphatic carbocycles. The smallest absolute Gasteiger partial charge is 0.141 e. The van der Waals surface area contributed by atoms with Gasteiger partial charge in [-0.25, -0.2) is 9.37 Å². The molecule has 1 heterocycles. The van der Waals surface area contributed by atoms with E-state index in [0.29, 0.717) is 12.6 Å². The third-order valence-corrected chi connectivity index (χ3v) is 3.87. The van der Waals surface area contributed by atoms with Gasteiger partial charge in [0.1, 0.15) is 11.6 Å². The van der Waals surface area contributed by atoms with Gasteiger partial charge >= 0.3 is 0 Å². The van der Waals surface area contributed by atoms with Gasteiger partial charge in [0.2, 0.25) is 0 Å². The van der Waals surface area contributed by atoms with Gasteiger partial charge in [0.05, 0.1) is 6.20 Å². The summed E-state index contributed by atoms with van der Waals surface area (Å²) in [4.78, 5) is 6.58. The summed E-state index contributed by atoms with van der Waals surface area (Å²) in [6.07, 6.45) is 9.91. The summed E-state index contributed by atoms with van der Waals surface area (Å²) >= 11 is 0. The molecule has 106 valence electrons. The molecule has 2 N–H and O–H groups in total. The number of hydrogen-bond donors (Lipinski definition) is 1. The highest BCUT2D eigenvalue weighted by Gasteiger charge is 2.20. The maximum atomic E-state index is 13.0. The molecule has 0 saturated heterocycles. The molecule has 0 atom stereocenters. The zero-order chi connectivity index (χ0) is 13.5. The molecule has 1 aromatic rings. The number of hydrogen-bond acceptors (Lipinski definition) is 3. The van der Waals surface area contributed by atoms with Gasteiger partial charge in [0, 0.05) is 12.6 Å². The van der Waals surface area contributed by atoms with Gasteiger partial charge < -0.3 is 10.6 Å². The van der Waals surface area contributed by atoms with E-state index in [-0.39, 0.29) is 5.82 Å². The average molecular weight is 265 g/mol. The van der Waals surface area contributed by atoms with Crippen LogP contribution in [0.4, 0.5) is 10.2 Å². The second-order valence-electron chi connectivity index (χ2n) is 5.32. The van der Waals surface area contributed by atoms with Crippen LogP contribution in [0.2, 0.25) is 0 Å². The first-order chi connectivity index (χ1) is 9.31. The summed E-state index contributed by atoms with van der Waals surface area (Å²) < 4.78 is 13.0. The van der Waals surface area contributed by atoms with E-state index >= 15 is 0 Å². The second kappa shape index (κ2) is 7.43. The predicted molar refractivity (Wildman–Crippen MR) is 76.7 cm³/mol. The lowest BCUT2D eigenvalue weighted by molar-refractivity contribution is 0.513. The third-order valence-electron chi connectivity index (χ3n) is 3.87. The van der Waals surface area contributed by atoms with E-state index in [4.69, 9.17) is 5.73 Å². The van der Waals surface area contributed by atoms with Crippen LogP contribution >= 0.6 is 0 Å². The normalized spacial score (nSPS) is 17.2. The second-order valence-corrected chi connectivity index (χ2v) is 5.32. The van der Waals surface area contributed by atoms with Gasteiger partial charge in [-0.1, -0.05) is 25.7 Å². The molecule has 19 heavy (non-hydrogen) atoms. The van der Waals surface area contributed by atoms with Gasteiger partial charge in [0.25, 0.3) is 0 Å².